The van der Waals surface area contributed by atoms with Crippen molar-refractivity contribution < 1.29 is 4.79 Å². The quantitative estimate of drug-likeness (QED) is 0.601. The highest BCUT2D eigenvalue weighted by Gasteiger charge is 2.14. The summed E-state index contributed by atoms with van der Waals surface area (Å²) in [6.07, 6.45) is 0. The molecule has 2 aromatic carbocycles. The number of carbonyl (C=O) groups excluding carboxylic acids is 1. The third-order valence-electron chi connectivity index (χ3n) is 3.54. The molecule has 1 heterocycles. The lowest BCUT2D eigenvalue weighted by molar-refractivity contribution is 0.103. The van der Waals surface area contributed by atoms with Crippen LogP contribution in [0.15, 0.2) is 60.7 Å². The second-order valence-electron chi connectivity index (χ2n) is 5.10. The number of benzene rings is 2. The van der Waals surface area contributed by atoms with Gasteiger partial charge in [0.25, 0.3) is 0 Å². The van der Waals surface area contributed by atoms with Crippen molar-refractivity contribution in [3.63, 3.8) is 0 Å². The van der Waals surface area contributed by atoms with Crippen molar-refractivity contribution in [2.75, 3.05) is 0 Å². The van der Waals surface area contributed by atoms with Crippen LogP contribution in [-0.4, -0.2) is 5.78 Å². The molecule has 0 aliphatic rings. The molecule has 0 atom stereocenters. The van der Waals surface area contributed by atoms with Gasteiger partial charge in [-0.1, -0.05) is 54.6 Å². The summed E-state index contributed by atoms with van der Waals surface area (Å²) in [7, 11) is 0. The lowest BCUT2D eigenvalue weighted by atomic mass is 10.00. The first-order chi connectivity index (χ1) is 10.1. The molecule has 104 valence electrons. The van der Waals surface area contributed by atoms with Crippen molar-refractivity contribution >= 4 is 17.1 Å². The summed E-state index contributed by atoms with van der Waals surface area (Å²) in [4.78, 5) is 14.8. The Morgan fingerprint density at radius 2 is 1.48 bits per heavy atom. The fourth-order valence-electron chi connectivity index (χ4n) is 2.46. The molecule has 0 spiro atoms. The van der Waals surface area contributed by atoms with Crippen LogP contribution in [0.4, 0.5) is 0 Å². The predicted octanol–water partition coefficient (Wildman–Crippen LogP) is 5.26. The molecule has 3 aromatic rings. The smallest absolute Gasteiger partial charge is 0.194 e. The van der Waals surface area contributed by atoms with Gasteiger partial charge in [0.2, 0.25) is 0 Å². The third-order valence-corrected chi connectivity index (χ3v) is 4.51. The Balaban J connectivity index is 1.91. The third kappa shape index (κ3) is 2.81. The van der Waals surface area contributed by atoms with Gasteiger partial charge in [0, 0.05) is 20.9 Å². The number of carbonyl (C=O) groups is 1. The maximum atomic E-state index is 12.5. The van der Waals surface area contributed by atoms with Crippen molar-refractivity contribution in [1.82, 2.24) is 0 Å². The second kappa shape index (κ2) is 5.66. The highest BCUT2D eigenvalue weighted by Crippen LogP contribution is 2.25. The number of hydrogen-bond acceptors (Lipinski definition) is 2. The van der Waals surface area contributed by atoms with Crippen LogP contribution in [0, 0.1) is 13.8 Å². The first kappa shape index (κ1) is 13.8. The lowest BCUT2D eigenvalue weighted by Gasteiger charge is -2.04. The van der Waals surface area contributed by atoms with Crippen LogP contribution in [0.1, 0.15) is 25.7 Å². The molecule has 0 fully saturated rings. The fraction of sp³-hybridized carbons (Fsp3) is 0.105. The Kier molecular flexibility index (Phi) is 3.72. The van der Waals surface area contributed by atoms with Crippen LogP contribution < -0.4 is 0 Å². The van der Waals surface area contributed by atoms with Crippen LogP contribution in [-0.2, 0) is 0 Å². The normalized spacial score (nSPS) is 10.6. The minimum atomic E-state index is 0.108. The summed E-state index contributed by atoms with van der Waals surface area (Å²) in [6, 6.07) is 20.0. The largest absolute Gasteiger partial charge is 0.289 e. The average Bonchev–Trinajstić information content (AvgIpc) is 2.86. The zero-order valence-electron chi connectivity index (χ0n) is 12.1. The first-order valence-electron chi connectivity index (χ1n) is 6.92. The molecule has 1 nitrogen and oxygen atoms in total. The van der Waals surface area contributed by atoms with E-state index in [1.54, 1.807) is 11.3 Å². The molecule has 0 bridgehead atoms. The maximum absolute atomic E-state index is 12.5. The van der Waals surface area contributed by atoms with Crippen molar-refractivity contribution in [3.8, 4) is 11.1 Å². The minimum absolute atomic E-state index is 0.108. The molecule has 0 radical (unpaired) electrons. The molecule has 0 saturated carbocycles. The summed E-state index contributed by atoms with van der Waals surface area (Å²) >= 11 is 1.67. The lowest BCUT2D eigenvalue weighted by Crippen LogP contribution is -2.01. The van der Waals surface area contributed by atoms with Gasteiger partial charge in [-0.05, 0) is 31.0 Å². The number of thiophene rings is 1. The molecule has 0 unspecified atom stereocenters. The van der Waals surface area contributed by atoms with Crippen LogP contribution in [0.3, 0.4) is 0 Å². The molecule has 3 rings (SSSR count). The van der Waals surface area contributed by atoms with Gasteiger partial charge in [-0.25, -0.2) is 0 Å². The summed E-state index contributed by atoms with van der Waals surface area (Å²) in [5.74, 6) is 0.108. The zero-order chi connectivity index (χ0) is 14.8. The molecule has 2 heteroatoms. The van der Waals surface area contributed by atoms with E-state index >= 15 is 0 Å². The van der Waals surface area contributed by atoms with E-state index in [1.165, 1.54) is 10.4 Å². The van der Waals surface area contributed by atoms with Gasteiger partial charge in [0.1, 0.15) is 0 Å². The summed E-state index contributed by atoms with van der Waals surface area (Å²) in [6.45, 7) is 4.04. The van der Waals surface area contributed by atoms with E-state index in [4.69, 9.17) is 0 Å². The van der Waals surface area contributed by atoms with E-state index in [0.717, 1.165) is 21.6 Å². The summed E-state index contributed by atoms with van der Waals surface area (Å²) < 4.78 is 0. The maximum Gasteiger partial charge on any atom is 0.194 e. The molecule has 0 saturated heterocycles. The zero-order valence-corrected chi connectivity index (χ0v) is 12.9. The minimum Gasteiger partial charge on any atom is -0.289 e. The van der Waals surface area contributed by atoms with Gasteiger partial charge in [-0.2, -0.15) is 0 Å². The van der Waals surface area contributed by atoms with Gasteiger partial charge < -0.3 is 0 Å². The highest BCUT2D eigenvalue weighted by atomic mass is 32.1. The fourth-order valence-corrected chi connectivity index (χ4v) is 3.38. The van der Waals surface area contributed by atoms with E-state index < -0.39 is 0 Å². The monoisotopic (exact) mass is 292 g/mol. The van der Waals surface area contributed by atoms with Crippen LogP contribution >= 0.6 is 11.3 Å². The van der Waals surface area contributed by atoms with Gasteiger partial charge in [0.15, 0.2) is 5.78 Å². The van der Waals surface area contributed by atoms with Gasteiger partial charge in [0.05, 0.1) is 0 Å². The van der Waals surface area contributed by atoms with Gasteiger partial charge in [-0.15, -0.1) is 11.3 Å². The Labute approximate surface area is 128 Å². The predicted molar refractivity (Wildman–Crippen MR) is 89.1 cm³/mol. The van der Waals surface area contributed by atoms with Crippen molar-refractivity contribution in [3.05, 3.63) is 81.5 Å². The topological polar surface area (TPSA) is 17.1 Å². The first-order valence-corrected chi connectivity index (χ1v) is 7.74. The molecular formula is C19H16OS. The molecule has 21 heavy (non-hydrogen) atoms. The van der Waals surface area contributed by atoms with E-state index in [2.05, 4.69) is 12.1 Å². The van der Waals surface area contributed by atoms with Crippen LogP contribution in [0.25, 0.3) is 11.1 Å². The van der Waals surface area contributed by atoms with Crippen molar-refractivity contribution in [1.29, 1.82) is 0 Å². The van der Waals surface area contributed by atoms with Crippen LogP contribution in [0.2, 0.25) is 0 Å². The number of rotatable bonds is 3. The standard InChI is InChI=1S/C19H16OS/c1-13-12-18(14(2)21-13)19(20)17-10-8-16(9-11-17)15-6-4-3-5-7-15/h3-12H,1-2H3. The van der Waals surface area contributed by atoms with Crippen molar-refractivity contribution in [2.45, 2.75) is 13.8 Å². The SMILES string of the molecule is Cc1cc(C(=O)c2ccc(-c3ccccc3)cc2)c(C)s1. The van der Waals surface area contributed by atoms with E-state index in [0.29, 0.717) is 0 Å². The summed E-state index contributed by atoms with van der Waals surface area (Å²) in [5, 5.41) is 0. The van der Waals surface area contributed by atoms with Crippen LogP contribution in [0.5, 0.6) is 0 Å². The summed E-state index contributed by atoms with van der Waals surface area (Å²) in [5.41, 5.74) is 3.87. The van der Waals surface area contributed by atoms with Gasteiger partial charge in [-0.3, -0.25) is 4.79 Å². The highest BCUT2D eigenvalue weighted by molar-refractivity contribution is 7.12. The second-order valence-corrected chi connectivity index (χ2v) is 6.56. The average molecular weight is 292 g/mol. The Bertz CT molecular complexity index is 767. The Morgan fingerprint density at radius 1 is 0.857 bits per heavy atom. The van der Waals surface area contributed by atoms with E-state index in [-0.39, 0.29) is 5.78 Å². The molecule has 1 aromatic heterocycles. The molecule has 0 amide bonds. The number of ketones is 1. The Morgan fingerprint density at radius 3 is 2.05 bits per heavy atom. The number of aryl methyl sites for hydroxylation is 2. The van der Waals surface area contributed by atoms with E-state index in [1.807, 2.05) is 62.4 Å². The molecular weight excluding hydrogens is 276 g/mol. The molecule has 0 aliphatic heterocycles. The molecule has 0 aliphatic carbocycles. The number of hydrogen-bond donors (Lipinski definition) is 0. The van der Waals surface area contributed by atoms with Gasteiger partial charge >= 0.3 is 0 Å². The Hall–Kier alpha value is -2.19. The molecule has 0 N–H and O–H groups in total. The van der Waals surface area contributed by atoms with Crippen molar-refractivity contribution in [2.24, 2.45) is 0 Å². The van der Waals surface area contributed by atoms with E-state index in [9.17, 15) is 4.79 Å².